The smallest absolute Gasteiger partial charge is 0.251 e. The third-order valence-corrected chi connectivity index (χ3v) is 5.37. The normalized spacial score (nSPS) is 11.4. The maximum absolute atomic E-state index is 12.2. The molecule has 25 heavy (non-hydrogen) atoms. The summed E-state index contributed by atoms with van der Waals surface area (Å²) in [7, 11) is -0.703. The average Bonchev–Trinajstić information content (AvgIpc) is 2.58. The van der Waals surface area contributed by atoms with Gasteiger partial charge < -0.3 is 10.1 Å². The zero-order chi connectivity index (χ0) is 18.4. The van der Waals surface area contributed by atoms with E-state index in [4.69, 9.17) is 16.3 Å². The Kier molecular flexibility index (Phi) is 6.41. The number of rotatable bonds is 7. The van der Waals surface area contributed by atoms with Crippen LogP contribution in [0.4, 0.5) is 0 Å². The molecule has 0 saturated heterocycles. The molecule has 2 aromatic rings. The third kappa shape index (κ3) is 5.19. The zero-order valence-corrected chi connectivity index (χ0v) is 15.5. The van der Waals surface area contributed by atoms with Gasteiger partial charge in [-0.3, -0.25) is 4.79 Å². The second-order valence-corrected chi connectivity index (χ2v) is 7.97. The van der Waals surface area contributed by atoms with E-state index in [-0.39, 0.29) is 29.5 Å². The monoisotopic (exact) mass is 382 g/mol. The van der Waals surface area contributed by atoms with Gasteiger partial charge >= 0.3 is 0 Å². The Hall–Kier alpha value is -2.09. The number of hydrogen-bond acceptors (Lipinski definition) is 4. The molecular weight excluding hydrogens is 364 g/mol. The predicted molar refractivity (Wildman–Crippen MR) is 96.6 cm³/mol. The summed E-state index contributed by atoms with van der Waals surface area (Å²) in [6, 6.07) is 12.9. The number of nitrogens with one attached hydrogen (secondary N) is 1. The molecule has 0 aliphatic heterocycles. The van der Waals surface area contributed by atoms with Gasteiger partial charge in [0.05, 0.1) is 11.4 Å². The predicted octanol–water partition coefficient (Wildman–Crippen LogP) is 2.40. The molecule has 8 heteroatoms. The molecule has 134 valence electrons. The number of carbonyl (C=O) groups excluding carboxylic acids is 1. The molecule has 0 heterocycles. The van der Waals surface area contributed by atoms with Crippen LogP contribution in [-0.2, 0) is 10.0 Å². The SMILES string of the molecule is CN(C)S(=O)(=O)c1cccc(C(=O)NCCOc2cccc(Cl)c2)c1. The lowest BCUT2D eigenvalue weighted by atomic mass is 10.2. The molecule has 6 nitrogen and oxygen atoms in total. The zero-order valence-electron chi connectivity index (χ0n) is 13.9. The Labute approximate surface area is 152 Å². The quantitative estimate of drug-likeness (QED) is 0.746. The fourth-order valence-corrected chi connectivity index (χ4v) is 3.13. The first-order valence-corrected chi connectivity index (χ1v) is 9.31. The van der Waals surface area contributed by atoms with E-state index in [1.54, 1.807) is 30.3 Å². The maximum Gasteiger partial charge on any atom is 0.251 e. The van der Waals surface area contributed by atoms with Gasteiger partial charge in [-0.1, -0.05) is 23.7 Å². The standard InChI is InChI=1S/C17H19ClN2O4S/c1-20(2)25(22,23)16-8-3-5-13(11-16)17(21)19-9-10-24-15-7-4-6-14(18)12-15/h3-8,11-12H,9-10H2,1-2H3,(H,19,21). The van der Waals surface area contributed by atoms with E-state index in [0.29, 0.717) is 10.8 Å². The molecule has 2 aromatic carbocycles. The van der Waals surface area contributed by atoms with Crippen LogP contribution in [0, 0.1) is 0 Å². The number of sulfonamides is 1. The van der Waals surface area contributed by atoms with E-state index in [1.165, 1.54) is 32.3 Å². The molecule has 2 rings (SSSR count). The number of amides is 1. The number of nitrogens with zero attached hydrogens (tertiary/aromatic N) is 1. The molecule has 0 unspecified atom stereocenters. The third-order valence-electron chi connectivity index (χ3n) is 3.33. The first-order valence-electron chi connectivity index (χ1n) is 7.50. The summed E-state index contributed by atoms with van der Waals surface area (Å²) in [6.07, 6.45) is 0. The number of hydrogen-bond donors (Lipinski definition) is 1. The molecule has 0 atom stereocenters. The van der Waals surface area contributed by atoms with Gasteiger partial charge in [0.2, 0.25) is 10.0 Å². The van der Waals surface area contributed by atoms with Crippen LogP contribution in [0.2, 0.25) is 5.02 Å². The number of ether oxygens (including phenoxy) is 1. The summed E-state index contributed by atoms with van der Waals surface area (Å²) < 4.78 is 30.8. The Morgan fingerprint density at radius 2 is 1.88 bits per heavy atom. The Balaban J connectivity index is 1.93. The van der Waals surface area contributed by atoms with Crippen LogP contribution in [-0.4, -0.2) is 45.9 Å². The summed E-state index contributed by atoms with van der Waals surface area (Å²) in [4.78, 5) is 12.2. The molecule has 0 bridgehead atoms. The van der Waals surface area contributed by atoms with E-state index in [9.17, 15) is 13.2 Å². The van der Waals surface area contributed by atoms with Crippen LogP contribution in [0.15, 0.2) is 53.4 Å². The van der Waals surface area contributed by atoms with E-state index in [0.717, 1.165) is 4.31 Å². The molecule has 0 aliphatic carbocycles. The molecular formula is C17H19ClN2O4S. The maximum atomic E-state index is 12.2. The highest BCUT2D eigenvalue weighted by Gasteiger charge is 2.18. The topological polar surface area (TPSA) is 75.7 Å². The fraction of sp³-hybridized carbons (Fsp3) is 0.235. The van der Waals surface area contributed by atoms with E-state index in [2.05, 4.69) is 5.32 Å². The van der Waals surface area contributed by atoms with Gasteiger partial charge in [-0.25, -0.2) is 12.7 Å². The minimum Gasteiger partial charge on any atom is -0.492 e. The van der Waals surface area contributed by atoms with E-state index >= 15 is 0 Å². The van der Waals surface area contributed by atoms with Crippen molar-refractivity contribution in [1.82, 2.24) is 9.62 Å². The summed E-state index contributed by atoms with van der Waals surface area (Å²) in [5.41, 5.74) is 0.269. The summed E-state index contributed by atoms with van der Waals surface area (Å²) in [5, 5.41) is 3.26. The summed E-state index contributed by atoms with van der Waals surface area (Å²) in [6.45, 7) is 0.539. The molecule has 0 fully saturated rings. The van der Waals surface area contributed by atoms with Gasteiger partial charge in [-0.2, -0.15) is 0 Å². The number of halogens is 1. The lowest BCUT2D eigenvalue weighted by molar-refractivity contribution is 0.0947. The molecule has 0 radical (unpaired) electrons. The van der Waals surface area contributed by atoms with Gasteiger partial charge in [0.25, 0.3) is 5.91 Å². The van der Waals surface area contributed by atoms with Crippen LogP contribution in [0.1, 0.15) is 10.4 Å². The molecule has 1 amide bonds. The minimum absolute atomic E-state index is 0.0697. The van der Waals surface area contributed by atoms with E-state index in [1.807, 2.05) is 0 Å². The minimum atomic E-state index is -3.58. The first kappa shape index (κ1) is 19.2. The van der Waals surface area contributed by atoms with Crippen molar-refractivity contribution in [3.05, 3.63) is 59.1 Å². The average molecular weight is 383 g/mol. The highest BCUT2D eigenvalue weighted by Crippen LogP contribution is 2.17. The van der Waals surface area contributed by atoms with Crippen molar-refractivity contribution in [1.29, 1.82) is 0 Å². The Morgan fingerprint density at radius 3 is 2.56 bits per heavy atom. The molecule has 0 aromatic heterocycles. The van der Waals surface area contributed by atoms with Gasteiger partial charge in [0, 0.05) is 24.7 Å². The van der Waals surface area contributed by atoms with Crippen LogP contribution >= 0.6 is 11.6 Å². The van der Waals surface area contributed by atoms with Crippen molar-refractivity contribution in [3.8, 4) is 5.75 Å². The largest absolute Gasteiger partial charge is 0.492 e. The lowest BCUT2D eigenvalue weighted by Gasteiger charge is -2.12. The molecule has 0 aliphatic rings. The second kappa shape index (κ2) is 8.33. The second-order valence-electron chi connectivity index (χ2n) is 5.38. The highest BCUT2D eigenvalue weighted by molar-refractivity contribution is 7.89. The van der Waals surface area contributed by atoms with Gasteiger partial charge in [0.1, 0.15) is 12.4 Å². The highest BCUT2D eigenvalue weighted by atomic mass is 35.5. The summed E-state index contributed by atoms with van der Waals surface area (Å²) >= 11 is 5.86. The number of carbonyl (C=O) groups is 1. The van der Waals surface area contributed by atoms with Gasteiger partial charge in [-0.05, 0) is 36.4 Å². The van der Waals surface area contributed by atoms with Crippen molar-refractivity contribution in [2.75, 3.05) is 27.2 Å². The first-order chi connectivity index (χ1) is 11.8. The van der Waals surface area contributed by atoms with Crippen LogP contribution in [0.5, 0.6) is 5.75 Å². The van der Waals surface area contributed by atoms with Crippen molar-refractivity contribution in [3.63, 3.8) is 0 Å². The number of benzene rings is 2. The molecule has 0 saturated carbocycles. The lowest BCUT2D eigenvalue weighted by Crippen LogP contribution is -2.28. The van der Waals surface area contributed by atoms with Gasteiger partial charge in [-0.15, -0.1) is 0 Å². The van der Waals surface area contributed by atoms with Crippen molar-refractivity contribution in [2.24, 2.45) is 0 Å². The summed E-state index contributed by atoms with van der Waals surface area (Å²) in [5.74, 6) is 0.242. The van der Waals surface area contributed by atoms with Gasteiger partial charge in [0.15, 0.2) is 0 Å². The van der Waals surface area contributed by atoms with Crippen molar-refractivity contribution >= 4 is 27.5 Å². The Morgan fingerprint density at radius 1 is 1.16 bits per heavy atom. The van der Waals surface area contributed by atoms with Crippen LogP contribution in [0.3, 0.4) is 0 Å². The van der Waals surface area contributed by atoms with E-state index < -0.39 is 10.0 Å². The Bertz CT molecular complexity index is 853. The van der Waals surface area contributed by atoms with Crippen LogP contribution in [0.25, 0.3) is 0 Å². The molecule has 0 spiro atoms. The fourth-order valence-electron chi connectivity index (χ4n) is 2.00. The van der Waals surface area contributed by atoms with Crippen LogP contribution < -0.4 is 10.1 Å². The molecule has 1 N–H and O–H groups in total. The van der Waals surface area contributed by atoms with Crippen molar-refractivity contribution in [2.45, 2.75) is 4.90 Å². The van der Waals surface area contributed by atoms with Crippen molar-refractivity contribution < 1.29 is 17.9 Å².